The lowest BCUT2D eigenvalue weighted by Gasteiger charge is -2.35. The summed E-state index contributed by atoms with van der Waals surface area (Å²) < 4.78 is 0. The Morgan fingerprint density at radius 1 is 1.16 bits per heavy atom. The van der Waals surface area contributed by atoms with Crippen LogP contribution in [0.4, 0.5) is 11.5 Å². The van der Waals surface area contributed by atoms with Crippen molar-refractivity contribution in [3.05, 3.63) is 48.4 Å². The molecule has 3 rings (SSSR count). The van der Waals surface area contributed by atoms with Gasteiger partial charge in [0.05, 0.1) is 11.9 Å². The van der Waals surface area contributed by atoms with E-state index in [1.165, 1.54) is 0 Å². The Morgan fingerprint density at radius 2 is 2.00 bits per heavy atom. The van der Waals surface area contributed by atoms with Crippen molar-refractivity contribution in [3.63, 3.8) is 0 Å². The second-order valence-electron chi connectivity index (χ2n) is 5.78. The first kappa shape index (κ1) is 16.7. The SMILES string of the molecule is N#Cc1ccc(NCCC(=O)N2CCN(c3ccccn3)CC2)cn1. The van der Waals surface area contributed by atoms with Crippen molar-refractivity contribution in [1.29, 1.82) is 5.26 Å². The summed E-state index contributed by atoms with van der Waals surface area (Å²) in [6.45, 7) is 3.58. The summed E-state index contributed by atoms with van der Waals surface area (Å²) >= 11 is 0. The van der Waals surface area contributed by atoms with Gasteiger partial charge in [-0.1, -0.05) is 6.07 Å². The minimum atomic E-state index is 0.148. The van der Waals surface area contributed by atoms with Crippen LogP contribution >= 0.6 is 0 Å². The van der Waals surface area contributed by atoms with E-state index in [0.29, 0.717) is 31.7 Å². The van der Waals surface area contributed by atoms with Crippen molar-refractivity contribution >= 4 is 17.4 Å². The van der Waals surface area contributed by atoms with Gasteiger partial charge in [-0.25, -0.2) is 9.97 Å². The van der Waals surface area contributed by atoms with E-state index >= 15 is 0 Å². The predicted molar refractivity (Wildman–Crippen MR) is 95.1 cm³/mol. The Bertz CT molecular complexity index is 732. The number of rotatable bonds is 5. The van der Waals surface area contributed by atoms with E-state index in [2.05, 4.69) is 20.2 Å². The molecular weight excluding hydrogens is 316 g/mol. The zero-order valence-electron chi connectivity index (χ0n) is 13.9. The highest BCUT2D eigenvalue weighted by atomic mass is 16.2. The lowest BCUT2D eigenvalue weighted by molar-refractivity contribution is -0.131. The summed E-state index contributed by atoms with van der Waals surface area (Å²) in [7, 11) is 0. The molecule has 1 saturated heterocycles. The average Bonchev–Trinajstić information content (AvgIpc) is 2.69. The Morgan fingerprint density at radius 3 is 2.64 bits per heavy atom. The van der Waals surface area contributed by atoms with Gasteiger partial charge in [0.15, 0.2) is 0 Å². The summed E-state index contributed by atoms with van der Waals surface area (Å²) in [5.74, 6) is 1.11. The maximum absolute atomic E-state index is 12.3. The Hall–Kier alpha value is -3.14. The number of amides is 1. The molecule has 128 valence electrons. The second kappa shape index (κ2) is 8.11. The molecule has 0 spiro atoms. The second-order valence-corrected chi connectivity index (χ2v) is 5.78. The average molecular weight is 336 g/mol. The molecule has 1 amide bonds. The number of pyridine rings is 2. The highest BCUT2D eigenvalue weighted by Gasteiger charge is 2.21. The molecule has 25 heavy (non-hydrogen) atoms. The summed E-state index contributed by atoms with van der Waals surface area (Å²) in [4.78, 5) is 24.8. The predicted octanol–water partition coefficient (Wildman–Crippen LogP) is 1.50. The van der Waals surface area contributed by atoms with E-state index in [1.807, 2.05) is 29.2 Å². The van der Waals surface area contributed by atoms with Gasteiger partial charge in [-0.05, 0) is 24.3 Å². The van der Waals surface area contributed by atoms with E-state index in [0.717, 1.165) is 24.6 Å². The first-order valence-electron chi connectivity index (χ1n) is 8.30. The Kier molecular flexibility index (Phi) is 5.42. The van der Waals surface area contributed by atoms with Crippen molar-refractivity contribution < 1.29 is 4.79 Å². The van der Waals surface area contributed by atoms with Crippen molar-refractivity contribution in [2.24, 2.45) is 0 Å². The number of aromatic nitrogens is 2. The van der Waals surface area contributed by atoms with Gasteiger partial charge in [0.2, 0.25) is 5.91 Å². The minimum absolute atomic E-state index is 0.148. The number of hydrogen-bond donors (Lipinski definition) is 1. The molecule has 0 unspecified atom stereocenters. The first-order valence-corrected chi connectivity index (χ1v) is 8.30. The van der Waals surface area contributed by atoms with Crippen LogP contribution < -0.4 is 10.2 Å². The van der Waals surface area contributed by atoms with Crippen LogP contribution in [0.3, 0.4) is 0 Å². The third-order valence-electron chi connectivity index (χ3n) is 4.15. The monoisotopic (exact) mass is 336 g/mol. The fourth-order valence-corrected chi connectivity index (χ4v) is 2.76. The molecule has 2 aromatic heterocycles. The van der Waals surface area contributed by atoms with Gasteiger partial charge in [-0.2, -0.15) is 5.26 Å². The van der Waals surface area contributed by atoms with Crippen LogP contribution in [0.5, 0.6) is 0 Å². The Balaban J connectivity index is 1.41. The molecule has 3 heterocycles. The summed E-state index contributed by atoms with van der Waals surface area (Å²) in [5, 5.41) is 11.9. The molecule has 1 fully saturated rings. The lowest BCUT2D eigenvalue weighted by atomic mass is 10.2. The maximum Gasteiger partial charge on any atom is 0.224 e. The van der Waals surface area contributed by atoms with Crippen LogP contribution in [0.1, 0.15) is 12.1 Å². The van der Waals surface area contributed by atoms with E-state index in [4.69, 9.17) is 5.26 Å². The number of hydrogen-bond acceptors (Lipinski definition) is 6. The molecule has 0 atom stereocenters. The molecule has 2 aromatic rings. The molecule has 7 nitrogen and oxygen atoms in total. The number of piperazine rings is 1. The van der Waals surface area contributed by atoms with E-state index in [9.17, 15) is 4.79 Å². The third-order valence-corrected chi connectivity index (χ3v) is 4.15. The molecule has 0 saturated carbocycles. The van der Waals surface area contributed by atoms with Crippen LogP contribution in [0.25, 0.3) is 0 Å². The van der Waals surface area contributed by atoms with Crippen molar-refractivity contribution in [2.45, 2.75) is 6.42 Å². The zero-order chi connectivity index (χ0) is 17.5. The van der Waals surface area contributed by atoms with Gasteiger partial charge in [-0.15, -0.1) is 0 Å². The fourth-order valence-electron chi connectivity index (χ4n) is 2.76. The molecule has 0 aliphatic carbocycles. The first-order chi connectivity index (χ1) is 12.3. The van der Waals surface area contributed by atoms with Crippen LogP contribution in [0.2, 0.25) is 0 Å². The lowest BCUT2D eigenvalue weighted by Crippen LogP contribution is -2.49. The van der Waals surface area contributed by atoms with Gasteiger partial charge >= 0.3 is 0 Å². The normalized spacial score (nSPS) is 14.0. The molecular formula is C18H20N6O. The maximum atomic E-state index is 12.3. The van der Waals surface area contributed by atoms with Gasteiger partial charge in [-0.3, -0.25) is 4.79 Å². The third kappa shape index (κ3) is 4.44. The van der Waals surface area contributed by atoms with Gasteiger partial charge in [0.25, 0.3) is 0 Å². The molecule has 7 heteroatoms. The number of anilines is 2. The van der Waals surface area contributed by atoms with Crippen LogP contribution in [0, 0.1) is 11.3 Å². The van der Waals surface area contributed by atoms with E-state index in [-0.39, 0.29) is 5.91 Å². The van der Waals surface area contributed by atoms with E-state index < -0.39 is 0 Å². The largest absolute Gasteiger partial charge is 0.383 e. The zero-order valence-corrected chi connectivity index (χ0v) is 13.9. The standard InChI is InChI=1S/C18H20N6O/c19-13-15-4-5-16(14-22-15)20-8-6-18(25)24-11-9-23(10-12-24)17-3-1-2-7-21-17/h1-5,7,14,20H,6,8-12H2. The molecule has 0 aromatic carbocycles. The topological polar surface area (TPSA) is 85.2 Å². The number of nitriles is 1. The molecule has 0 radical (unpaired) electrons. The smallest absolute Gasteiger partial charge is 0.224 e. The van der Waals surface area contributed by atoms with Crippen molar-refractivity contribution in [3.8, 4) is 6.07 Å². The highest BCUT2D eigenvalue weighted by molar-refractivity contribution is 5.77. The Labute approximate surface area is 146 Å². The number of carbonyl (C=O) groups excluding carboxylic acids is 1. The van der Waals surface area contributed by atoms with Crippen LogP contribution in [0.15, 0.2) is 42.7 Å². The summed E-state index contributed by atoms with van der Waals surface area (Å²) in [5.41, 5.74) is 1.19. The number of nitrogens with one attached hydrogen (secondary N) is 1. The van der Waals surface area contributed by atoms with Crippen LogP contribution in [-0.2, 0) is 4.79 Å². The molecule has 0 bridgehead atoms. The fraction of sp³-hybridized carbons (Fsp3) is 0.333. The van der Waals surface area contributed by atoms with Crippen molar-refractivity contribution in [1.82, 2.24) is 14.9 Å². The van der Waals surface area contributed by atoms with Crippen molar-refractivity contribution in [2.75, 3.05) is 42.9 Å². The van der Waals surface area contributed by atoms with Gasteiger partial charge < -0.3 is 15.1 Å². The van der Waals surface area contributed by atoms with Gasteiger partial charge in [0, 0.05) is 45.3 Å². The highest BCUT2D eigenvalue weighted by Crippen LogP contribution is 2.13. The number of nitrogens with zero attached hydrogens (tertiary/aromatic N) is 5. The quantitative estimate of drug-likeness (QED) is 0.891. The summed E-state index contributed by atoms with van der Waals surface area (Å²) in [6.07, 6.45) is 3.83. The molecule has 1 N–H and O–H groups in total. The van der Waals surface area contributed by atoms with Gasteiger partial charge in [0.1, 0.15) is 17.6 Å². The number of carbonyl (C=O) groups is 1. The molecule has 1 aliphatic rings. The summed E-state index contributed by atoms with van der Waals surface area (Å²) in [6, 6.07) is 11.3. The molecule has 1 aliphatic heterocycles. The van der Waals surface area contributed by atoms with Crippen LogP contribution in [-0.4, -0.2) is 53.5 Å². The minimum Gasteiger partial charge on any atom is -0.383 e. The van der Waals surface area contributed by atoms with E-state index in [1.54, 1.807) is 24.5 Å².